The highest BCUT2D eigenvalue weighted by Gasteiger charge is 2.21. The first kappa shape index (κ1) is 18.9. The number of hydrogen-bond donors (Lipinski definition) is 1. The van der Waals surface area contributed by atoms with E-state index in [9.17, 15) is 9.90 Å². The van der Waals surface area contributed by atoms with Crippen LogP contribution in [0.1, 0.15) is 65.2 Å². The Morgan fingerprint density at radius 1 is 1.08 bits per heavy atom. The summed E-state index contributed by atoms with van der Waals surface area (Å²) in [6, 6.07) is 0. The number of rotatable bonds is 7. The lowest BCUT2D eigenvalue weighted by atomic mass is 9.86. The van der Waals surface area contributed by atoms with Crippen molar-refractivity contribution >= 4 is 5.78 Å². The van der Waals surface area contributed by atoms with Crippen LogP contribution < -0.4 is 0 Å². The number of carbonyl (C=O) groups excluding carboxylic acids is 1. The molecule has 2 rings (SSSR count). The predicted octanol–water partition coefficient (Wildman–Crippen LogP) is 5.30. The van der Waals surface area contributed by atoms with E-state index in [0.29, 0.717) is 12.3 Å². The molecule has 2 aliphatic rings. The number of allylic oxidation sites excluding steroid dienone is 7. The van der Waals surface area contributed by atoms with Gasteiger partial charge in [0.15, 0.2) is 5.78 Å². The number of aliphatic hydroxyl groups excluding tert-OH is 1. The summed E-state index contributed by atoms with van der Waals surface area (Å²) in [5.41, 5.74) is 2.13. The largest absolute Gasteiger partial charge is 0.388 e. The average molecular weight is 328 g/mol. The maximum absolute atomic E-state index is 12.2. The predicted molar refractivity (Wildman–Crippen MR) is 101 cm³/mol. The molecular weight excluding hydrogens is 296 g/mol. The second-order valence-corrected chi connectivity index (χ2v) is 7.40. The second kappa shape index (κ2) is 9.78. The van der Waals surface area contributed by atoms with Gasteiger partial charge in [0.1, 0.15) is 0 Å². The SMILES string of the molecule is C/C(=C\C1CC=CCC1)CCC(=O)/C=C(\C)C(O)C1CC=CCC1. The molecule has 0 amide bonds. The first-order valence-electron chi connectivity index (χ1n) is 9.42. The van der Waals surface area contributed by atoms with Crippen molar-refractivity contribution in [1.82, 2.24) is 0 Å². The summed E-state index contributed by atoms with van der Waals surface area (Å²) in [6.45, 7) is 4.02. The fraction of sp³-hybridized carbons (Fsp3) is 0.591. The summed E-state index contributed by atoms with van der Waals surface area (Å²) >= 11 is 0. The van der Waals surface area contributed by atoms with Crippen LogP contribution in [0.5, 0.6) is 0 Å². The lowest BCUT2D eigenvalue weighted by Crippen LogP contribution is -2.23. The van der Waals surface area contributed by atoms with Crippen molar-refractivity contribution < 1.29 is 9.90 Å². The van der Waals surface area contributed by atoms with Gasteiger partial charge in [-0.3, -0.25) is 4.79 Å². The van der Waals surface area contributed by atoms with Gasteiger partial charge in [0, 0.05) is 6.42 Å². The fourth-order valence-corrected chi connectivity index (χ4v) is 3.66. The normalized spacial score (nSPS) is 26.5. The molecule has 0 spiro atoms. The van der Waals surface area contributed by atoms with Crippen LogP contribution in [0.15, 0.2) is 47.6 Å². The van der Waals surface area contributed by atoms with Crippen LogP contribution in [0.3, 0.4) is 0 Å². The van der Waals surface area contributed by atoms with Crippen molar-refractivity contribution in [2.45, 2.75) is 71.3 Å². The van der Waals surface area contributed by atoms with Crippen molar-refractivity contribution in [3.63, 3.8) is 0 Å². The van der Waals surface area contributed by atoms with Gasteiger partial charge in [-0.2, -0.15) is 0 Å². The Balaban J connectivity index is 1.79. The number of hydrogen-bond acceptors (Lipinski definition) is 2. The topological polar surface area (TPSA) is 37.3 Å². The maximum atomic E-state index is 12.2. The number of carbonyl (C=O) groups is 1. The van der Waals surface area contributed by atoms with Crippen molar-refractivity contribution in [3.05, 3.63) is 47.6 Å². The monoisotopic (exact) mass is 328 g/mol. The fourth-order valence-electron chi connectivity index (χ4n) is 3.66. The molecule has 2 heteroatoms. The van der Waals surface area contributed by atoms with Gasteiger partial charge in [-0.15, -0.1) is 0 Å². The molecule has 0 fully saturated rings. The summed E-state index contributed by atoms with van der Waals surface area (Å²) < 4.78 is 0. The lowest BCUT2D eigenvalue weighted by Gasteiger charge is -2.24. The third-order valence-corrected chi connectivity index (χ3v) is 5.21. The van der Waals surface area contributed by atoms with E-state index in [1.165, 1.54) is 18.4 Å². The van der Waals surface area contributed by atoms with Gasteiger partial charge in [0.2, 0.25) is 0 Å². The van der Waals surface area contributed by atoms with E-state index in [0.717, 1.165) is 37.7 Å². The van der Waals surface area contributed by atoms with Crippen LogP contribution in [-0.2, 0) is 4.79 Å². The zero-order valence-corrected chi connectivity index (χ0v) is 15.2. The molecule has 3 atom stereocenters. The molecule has 0 aromatic heterocycles. The van der Waals surface area contributed by atoms with Crippen LogP contribution in [0.25, 0.3) is 0 Å². The molecule has 24 heavy (non-hydrogen) atoms. The Kier molecular flexibility index (Phi) is 7.71. The summed E-state index contributed by atoms with van der Waals surface area (Å²) in [6.07, 6.45) is 20.2. The Morgan fingerprint density at radius 3 is 2.42 bits per heavy atom. The molecule has 2 aliphatic carbocycles. The molecule has 0 bridgehead atoms. The van der Waals surface area contributed by atoms with Crippen LogP contribution in [0.4, 0.5) is 0 Å². The van der Waals surface area contributed by atoms with E-state index in [-0.39, 0.29) is 11.7 Å². The van der Waals surface area contributed by atoms with E-state index >= 15 is 0 Å². The van der Waals surface area contributed by atoms with Gasteiger partial charge >= 0.3 is 0 Å². The zero-order valence-electron chi connectivity index (χ0n) is 15.2. The molecule has 0 heterocycles. The smallest absolute Gasteiger partial charge is 0.156 e. The highest BCUT2D eigenvalue weighted by atomic mass is 16.3. The third kappa shape index (κ3) is 6.24. The Morgan fingerprint density at radius 2 is 1.79 bits per heavy atom. The van der Waals surface area contributed by atoms with E-state index in [4.69, 9.17) is 0 Å². The van der Waals surface area contributed by atoms with Crippen LogP contribution >= 0.6 is 0 Å². The van der Waals surface area contributed by atoms with Crippen molar-refractivity contribution in [2.75, 3.05) is 0 Å². The second-order valence-electron chi connectivity index (χ2n) is 7.40. The molecule has 0 aromatic carbocycles. The molecule has 1 N–H and O–H groups in total. The van der Waals surface area contributed by atoms with Crippen molar-refractivity contribution in [3.8, 4) is 0 Å². The zero-order chi connectivity index (χ0) is 17.4. The summed E-state index contributed by atoms with van der Waals surface area (Å²) in [5, 5.41) is 10.4. The molecular formula is C22H32O2. The molecule has 0 aromatic rings. The molecule has 0 aliphatic heterocycles. The van der Waals surface area contributed by atoms with E-state index in [1.54, 1.807) is 6.08 Å². The quantitative estimate of drug-likeness (QED) is 0.508. The first-order valence-corrected chi connectivity index (χ1v) is 9.42. The van der Waals surface area contributed by atoms with Gasteiger partial charge < -0.3 is 5.11 Å². The number of ketones is 1. The Bertz CT molecular complexity index is 536. The minimum absolute atomic E-state index is 0.134. The average Bonchev–Trinajstić information content (AvgIpc) is 2.61. The highest BCUT2D eigenvalue weighted by Crippen LogP contribution is 2.26. The first-order chi connectivity index (χ1) is 11.6. The van der Waals surface area contributed by atoms with E-state index < -0.39 is 6.10 Å². The van der Waals surface area contributed by atoms with Gasteiger partial charge in [0.05, 0.1) is 6.10 Å². The third-order valence-electron chi connectivity index (χ3n) is 5.21. The molecule has 0 saturated heterocycles. The molecule has 2 nitrogen and oxygen atoms in total. The van der Waals surface area contributed by atoms with Crippen molar-refractivity contribution in [2.24, 2.45) is 11.8 Å². The summed E-state index contributed by atoms with van der Waals surface area (Å²) in [7, 11) is 0. The van der Waals surface area contributed by atoms with Gasteiger partial charge in [-0.1, -0.05) is 36.0 Å². The van der Waals surface area contributed by atoms with E-state index in [2.05, 4.69) is 37.3 Å². The van der Waals surface area contributed by atoms with Crippen LogP contribution in [-0.4, -0.2) is 17.0 Å². The van der Waals surface area contributed by atoms with Crippen LogP contribution in [0, 0.1) is 11.8 Å². The molecule has 0 saturated carbocycles. The maximum Gasteiger partial charge on any atom is 0.156 e. The van der Waals surface area contributed by atoms with Crippen LogP contribution in [0.2, 0.25) is 0 Å². The number of aliphatic hydroxyl groups is 1. The standard InChI is InChI=1S/C22H32O2/c1-17(15-19-9-5-3-6-10-19)13-14-21(23)16-18(2)22(24)20-11-7-4-8-12-20/h3-5,7,15-16,19-20,22,24H,6,8-14H2,1-2H3/b17-15+,18-16+. The minimum atomic E-state index is -0.482. The van der Waals surface area contributed by atoms with E-state index in [1.807, 2.05) is 6.92 Å². The Hall–Kier alpha value is -1.41. The lowest BCUT2D eigenvalue weighted by molar-refractivity contribution is -0.114. The minimum Gasteiger partial charge on any atom is -0.388 e. The summed E-state index contributed by atoms with van der Waals surface area (Å²) in [5.74, 6) is 1.04. The molecule has 3 unspecified atom stereocenters. The summed E-state index contributed by atoms with van der Waals surface area (Å²) in [4.78, 5) is 12.2. The molecule has 0 radical (unpaired) electrons. The van der Waals surface area contributed by atoms with Gasteiger partial charge in [-0.25, -0.2) is 0 Å². The van der Waals surface area contributed by atoms with Gasteiger partial charge in [0.25, 0.3) is 0 Å². The Labute approximate surface area is 147 Å². The van der Waals surface area contributed by atoms with Gasteiger partial charge in [-0.05, 0) is 82.3 Å². The highest BCUT2D eigenvalue weighted by molar-refractivity contribution is 5.90. The molecule has 132 valence electrons. The van der Waals surface area contributed by atoms with Crippen molar-refractivity contribution in [1.29, 1.82) is 0 Å².